The molecule has 1 fully saturated rings. The molecule has 0 heterocycles. The third kappa shape index (κ3) is 9.76. The molecule has 0 spiro atoms. The molecule has 1 aliphatic rings. The number of amides is 2. The van der Waals surface area contributed by atoms with Crippen molar-refractivity contribution in [1.29, 1.82) is 0 Å². The number of carboxylic acids is 1. The first-order chi connectivity index (χ1) is 18.5. The number of nitrogens with one attached hydrogen (secondary N) is 1. The lowest BCUT2D eigenvalue weighted by atomic mass is 9.94. The average molecular weight is 525 g/mol. The monoisotopic (exact) mass is 524 g/mol. The quantitative estimate of drug-likeness (QED) is 0.244. The van der Waals surface area contributed by atoms with Crippen LogP contribution in [0.1, 0.15) is 86.2 Å². The summed E-state index contributed by atoms with van der Waals surface area (Å²) >= 11 is 0. The smallest absolute Gasteiger partial charge is 0.336 e. The second-order valence-corrected chi connectivity index (χ2v) is 10.2. The Kier molecular flexibility index (Phi) is 12.6. The maximum atomic E-state index is 13.0. The molecule has 2 atom stereocenters. The first-order valence-electron chi connectivity index (χ1n) is 14.1. The number of para-hydroxylation sites is 1. The lowest BCUT2D eigenvalue weighted by molar-refractivity contribution is -0.0523. The Morgan fingerprint density at radius 3 is 2.42 bits per heavy atom. The van der Waals surface area contributed by atoms with Gasteiger partial charge in [0.2, 0.25) is 0 Å². The second-order valence-electron chi connectivity index (χ2n) is 10.2. The Bertz CT molecular complexity index is 997. The molecule has 0 bridgehead atoms. The van der Waals surface area contributed by atoms with Crippen LogP contribution >= 0.6 is 0 Å². The number of ether oxygens (including phenoxy) is 2. The molecule has 0 aromatic heterocycles. The van der Waals surface area contributed by atoms with Crippen LogP contribution in [0.4, 0.5) is 10.5 Å². The summed E-state index contributed by atoms with van der Waals surface area (Å²) < 4.78 is 12.4. The number of unbranched alkanes of at least 4 members (excludes halogenated alkanes) is 4. The van der Waals surface area contributed by atoms with Gasteiger partial charge in [0.1, 0.15) is 0 Å². The Labute approximate surface area is 227 Å². The predicted octanol–water partition coefficient (Wildman–Crippen LogP) is 7.04. The summed E-state index contributed by atoms with van der Waals surface area (Å²) in [5.74, 6) is -0.919. The summed E-state index contributed by atoms with van der Waals surface area (Å²) in [5.41, 5.74) is 2.58. The molecular weight excluding hydrogens is 480 g/mol. The van der Waals surface area contributed by atoms with Crippen molar-refractivity contribution in [1.82, 2.24) is 4.90 Å². The number of benzene rings is 2. The lowest BCUT2D eigenvalue weighted by Crippen LogP contribution is -2.39. The molecule has 2 amide bonds. The Balaban J connectivity index is 1.47. The number of aromatic carboxylic acids is 1. The van der Waals surface area contributed by atoms with E-state index in [1.165, 1.54) is 19.3 Å². The highest BCUT2D eigenvalue weighted by Gasteiger charge is 2.24. The molecule has 2 aromatic rings. The van der Waals surface area contributed by atoms with E-state index < -0.39 is 5.97 Å². The van der Waals surface area contributed by atoms with Gasteiger partial charge in [-0.1, -0.05) is 69.0 Å². The van der Waals surface area contributed by atoms with Crippen LogP contribution in [-0.2, 0) is 16.1 Å². The highest BCUT2D eigenvalue weighted by Crippen LogP contribution is 2.25. The summed E-state index contributed by atoms with van der Waals surface area (Å²) in [6.45, 7) is 6.03. The predicted molar refractivity (Wildman–Crippen MR) is 151 cm³/mol. The van der Waals surface area contributed by atoms with Crippen LogP contribution in [0.2, 0.25) is 0 Å². The highest BCUT2D eigenvalue weighted by atomic mass is 16.5. The van der Waals surface area contributed by atoms with Gasteiger partial charge in [-0.2, -0.15) is 0 Å². The average Bonchev–Trinajstić information content (AvgIpc) is 2.91. The Morgan fingerprint density at radius 2 is 1.68 bits per heavy atom. The first-order valence-corrected chi connectivity index (χ1v) is 14.1. The molecular formula is C31H44N2O5. The number of carbonyl (C=O) groups excluding carboxylic acids is 1. The van der Waals surface area contributed by atoms with Gasteiger partial charge in [0.15, 0.2) is 0 Å². The van der Waals surface area contributed by atoms with Gasteiger partial charge < -0.3 is 24.8 Å². The second kappa shape index (κ2) is 16.1. The zero-order valence-electron chi connectivity index (χ0n) is 23.0. The van der Waals surface area contributed by atoms with Crippen molar-refractivity contribution in [3.63, 3.8) is 0 Å². The maximum absolute atomic E-state index is 13.0. The molecule has 1 aliphatic carbocycles. The number of nitrogens with zero attached hydrogens (tertiary/aromatic N) is 1. The van der Waals surface area contributed by atoms with Crippen LogP contribution in [0.3, 0.4) is 0 Å². The number of hydrogen-bond donors (Lipinski definition) is 2. The summed E-state index contributed by atoms with van der Waals surface area (Å²) in [6.07, 6.45) is 9.54. The molecule has 1 unspecified atom stereocenters. The normalized spacial score (nSPS) is 17.2. The fourth-order valence-electron chi connectivity index (χ4n) is 5.04. The number of aryl methyl sites for hydroxylation is 1. The van der Waals surface area contributed by atoms with Gasteiger partial charge in [0.05, 0.1) is 31.0 Å². The zero-order valence-corrected chi connectivity index (χ0v) is 23.0. The maximum Gasteiger partial charge on any atom is 0.336 e. The van der Waals surface area contributed by atoms with E-state index in [9.17, 15) is 14.7 Å². The molecule has 3 rings (SSSR count). The summed E-state index contributed by atoms with van der Waals surface area (Å²) in [6, 6.07) is 15.0. The minimum absolute atomic E-state index is 0.0342. The van der Waals surface area contributed by atoms with E-state index >= 15 is 0 Å². The number of carbonyl (C=O) groups is 2. The molecule has 2 aromatic carbocycles. The van der Waals surface area contributed by atoms with Gasteiger partial charge in [0.25, 0.3) is 0 Å². The van der Waals surface area contributed by atoms with Gasteiger partial charge >= 0.3 is 12.0 Å². The van der Waals surface area contributed by atoms with Crippen LogP contribution < -0.4 is 5.32 Å². The fraction of sp³-hybridized carbons (Fsp3) is 0.548. The third-order valence-corrected chi connectivity index (χ3v) is 7.18. The van der Waals surface area contributed by atoms with Crippen LogP contribution in [0, 0.1) is 6.92 Å². The standard InChI is InChI=1S/C31H44N2O5/c1-3-4-5-6-10-19-33(31(36)32-26-15-8-7-9-16-26)20-21-37-27-17-12-18-28(22-27)38-23-25-14-11-13-24(2)29(25)30(34)35/h7-9,11,13-16,27-28H,3-6,10,12,17-23H2,1-2H3,(H,32,36)(H,34,35)/t27-,28?/m0/s1. The Hall–Kier alpha value is -2.90. The minimum atomic E-state index is -0.919. The van der Waals surface area contributed by atoms with Crippen molar-refractivity contribution in [2.75, 3.05) is 25.0 Å². The van der Waals surface area contributed by atoms with E-state index in [4.69, 9.17) is 9.47 Å². The van der Waals surface area contributed by atoms with E-state index in [0.717, 1.165) is 49.8 Å². The zero-order chi connectivity index (χ0) is 27.2. The van der Waals surface area contributed by atoms with E-state index in [0.29, 0.717) is 30.8 Å². The van der Waals surface area contributed by atoms with Gasteiger partial charge in [0, 0.05) is 18.8 Å². The van der Waals surface area contributed by atoms with Gasteiger partial charge in [-0.3, -0.25) is 0 Å². The van der Waals surface area contributed by atoms with E-state index in [1.54, 1.807) is 0 Å². The molecule has 7 heteroatoms. The van der Waals surface area contributed by atoms with Gasteiger partial charge in [-0.25, -0.2) is 9.59 Å². The van der Waals surface area contributed by atoms with Crippen LogP contribution in [0.5, 0.6) is 0 Å². The molecule has 38 heavy (non-hydrogen) atoms. The number of hydrogen-bond acceptors (Lipinski definition) is 4. The molecule has 2 N–H and O–H groups in total. The molecule has 1 saturated carbocycles. The molecule has 0 radical (unpaired) electrons. The van der Waals surface area contributed by atoms with Crippen LogP contribution in [0.15, 0.2) is 48.5 Å². The summed E-state index contributed by atoms with van der Waals surface area (Å²) in [5, 5.41) is 12.6. The highest BCUT2D eigenvalue weighted by molar-refractivity contribution is 5.91. The van der Waals surface area contributed by atoms with Crippen molar-refractivity contribution < 1.29 is 24.2 Å². The fourth-order valence-corrected chi connectivity index (χ4v) is 5.04. The van der Waals surface area contributed by atoms with E-state index in [-0.39, 0.29) is 24.8 Å². The molecule has 0 saturated heterocycles. The summed E-state index contributed by atoms with van der Waals surface area (Å²) in [7, 11) is 0. The van der Waals surface area contributed by atoms with Crippen molar-refractivity contribution in [2.45, 2.75) is 90.4 Å². The van der Waals surface area contributed by atoms with Crippen molar-refractivity contribution >= 4 is 17.7 Å². The number of urea groups is 1. The lowest BCUT2D eigenvalue weighted by Gasteiger charge is -2.30. The molecule has 208 valence electrons. The van der Waals surface area contributed by atoms with Crippen molar-refractivity contribution in [3.8, 4) is 0 Å². The van der Waals surface area contributed by atoms with Gasteiger partial charge in [-0.15, -0.1) is 0 Å². The van der Waals surface area contributed by atoms with Crippen LogP contribution in [0.25, 0.3) is 0 Å². The molecule has 7 nitrogen and oxygen atoms in total. The molecule has 0 aliphatic heterocycles. The van der Waals surface area contributed by atoms with Crippen molar-refractivity contribution in [3.05, 3.63) is 65.2 Å². The van der Waals surface area contributed by atoms with E-state index in [2.05, 4.69) is 12.2 Å². The first kappa shape index (κ1) is 29.7. The van der Waals surface area contributed by atoms with Gasteiger partial charge in [-0.05, 0) is 62.3 Å². The topological polar surface area (TPSA) is 88.1 Å². The van der Waals surface area contributed by atoms with Crippen molar-refractivity contribution in [2.24, 2.45) is 0 Å². The van der Waals surface area contributed by atoms with E-state index in [1.807, 2.05) is 60.4 Å². The summed E-state index contributed by atoms with van der Waals surface area (Å²) in [4.78, 5) is 26.5. The van der Waals surface area contributed by atoms with Crippen LogP contribution in [-0.4, -0.2) is 53.9 Å². The number of anilines is 1. The third-order valence-electron chi connectivity index (χ3n) is 7.18. The SMILES string of the molecule is CCCCCCCN(CCO[C@H]1CCCC(OCc2cccc(C)c2C(=O)O)C1)C(=O)Nc1ccccc1. The largest absolute Gasteiger partial charge is 0.478 e. The number of rotatable bonds is 15. The Morgan fingerprint density at radius 1 is 0.947 bits per heavy atom. The minimum Gasteiger partial charge on any atom is -0.478 e. The number of carboxylic acid groups (broad SMARTS) is 1.